The van der Waals surface area contributed by atoms with Crippen molar-refractivity contribution in [1.82, 2.24) is 9.03 Å². The minimum atomic E-state index is -3.44. The molecule has 0 heterocycles. The molecule has 1 aliphatic rings. The molecule has 0 radical (unpaired) electrons. The highest BCUT2D eigenvalue weighted by Crippen LogP contribution is 2.18. The minimum absolute atomic E-state index is 0. The van der Waals surface area contributed by atoms with Gasteiger partial charge in [0.05, 0.1) is 6.07 Å². The average molecular weight is 269 g/mol. The fraction of sp³-hybridized carbons (Fsp3) is 0.875. The Hall–Kier alpha value is -0.390. The molecule has 94 valence electrons. The third-order valence-electron chi connectivity index (χ3n) is 2.44. The van der Waals surface area contributed by atoms with Crippen molar-refractivity contribution in [3.8, 4) is 6.07 Å². The highest BCUT2D eigenvalue weighted by Gasteiger charge is 2.30. The van der Waals surface area contributed by atoms with E-state index in [9.17, 15) is 8.42 Å². The molecule has 16 heavy (non-hydrogen) atoms. The normalized spacial score (nSPS) is 24.4. The van der Waals surface area contributed by atoms with Crippen LogP contribution in [-0.4, -0.2) is 38.4 Å². The summed E-state index contributed by atoms with van der Waals surface area (Å²) in [6, 6.07) is 1.97. The topological polar surface area (TPSA) is 99.2 Å². The van der Waals surface area contributed by atoms with Crippen LogP contribution in [0.15, 0.2) is 0 Å². The van der Waals surface area contributed by atoms with Crippen LogP contribution < -0.4 is 10.5 Å². The van der Waals surface area contributed by atoms with Crippen molar-refractivity contribution in [1.29, 1.82) is 5.26 Å². The van der Waals surface area contributed by atoms with E-state index in [1.54, 1.807) is 0 Å². The van der Waals surface area contributed by atoms with Gasteiger partial charge in [0.15, 0.2) is 0 Å². The zero-order valence-corrected chi connectivity index (χ0v) is 10.7. The lowest BCUT2D eigenvalue weighted by molar-refractivity contribution is 0.319. The molecule has 1 rings (SSSR count). The van der Waals surface area contributed by atoms with Crippen LogP contribution >= 0.6 is 12.4 Å². The van der Waals surface area contributed by atoms with Gasteiger partial charge in [-0.1, -0.05) is 0 Å². The molecular formula is C8H17ClN4O2S. The number of rotatable bonds is 5. The first-order chi connectivity index (χ1) is 6.95. The number of hydrogen-bond donors (Lipinski definition) is 2. The van der Waals surface area contributed by atoms with Crippen LogP contribution in [0.4, 0.5) is 0 Å². The Labute approximate surface area is 102 Å². The first-order valence-corrected chi connectivity index (χ1v) is 6.26. The second-order valence-corrected chi connectivity index (χ2v) is 5.59. The van der Waals surface area contributed by atoms with Gasteiger partial charge in [0.1, 0.15) is 0 Å². The predicted molar refractivity (Wildman–Crippen MR) is 63.2 cm³/mol. The SMILES string of the molecule is CN(CCC#N)S(=O)(=O)NC1CC(N)C1.Cl. The van der Waals surface area contributed by atoms with E-state index >= 15 is 0 Å². The molecule has 1 saturated carbocycles. The van der Waals surface area contributed by atoms with Gasteiger partial charge in [0, 0.05) is 32.1 Å². The Kier molecular flexibility index (Phi) is 6.22. The van der Waals surface area contributed by atoms with Crippen LogP contribution in [0.1, 0.15) is 19.3 Å². The Morgan fingerprint density at radius 3 is 2.56 bits per heavy atom. The molecule has 0 amide bonds. The fourth-order valence-electron chi connectivity index (χ4n) is 1.39. The van der Waals surface area contributed by atoms with Crippen LogP contribution in [0.2, 0.25) is 0 Å². The summed E-state index contributed by atoms with van der Waals surface area (Å²) in [4.78, 5) is 0. The highest BCUT2D eigenvalue weighted by atomic mass is 35.5. The maximum absolute atomic E-state index is 11.6. The van der Waals surface area contributed by atoms with E-state index in [0.29, 0.717) is 12.8 Å². The average Bonchev–Trinajstić information content (AvgIpc) is 2.11. The third kappa shape index (κ3) is 4.23. The molecular weight excluding hydrogens is 252 g/mol. The molecule has 1 fully saturated rings. The number of nitrogens with zero attached hydrogens (tertiary/aromatic N) is 2. The van der Waals surface area contributed by atoms with Crippen molar-refractivity contribution < 1.29 is 8.42 Å². The zero-order chi connectivity index (χ0) is 11.5. The number of nitrogens with one attached hydrogen (secondary N) is 1. The van der Waals surface area contributed by atoms with Crippen LogP contribution in [0.5, 0.6) is 0 Å². The molecule has 0 aromatic rings. The minimum Gasteiger partial charge on any atom is -0.328 e. The van der Waals surface area contributed by atoms with E-state index in [1.807, 2.05) is 6.07 Å². The summed E-state index contributed by atoms with van der Waals surface area (Å²) < 4.78 is 26.9. The van der Waals surface area contributed by atoms with E-state index in [-0.39, 0.29) is 37.5 Å². The predicted octanol–water partition coefficient (Wildman–Crippen LogP) is -0.422. The molecule has 0 unspecified atom stereocenters. The van der Waals surface area contributed by atoms with E-state index in [0.717, 1.165) is 4.31 Å². The van der Waals surface area contributed by atoms with E-state index in [2.05, 4.69) is 4.72 Å². The van der Waals surface area contributed by atoms with Gasteiger partial charge in [-0.25, -0.2) is 0 Å². The first kappa shape index (κ1) is 15.6. The van der Waals surface area contributed by atoms with Crippen LogP contribution in [0.25, 0.3) is 0 Å². The fourth-order valence-corrected chi connectivity index (χ4v) is 2.51. The molecule has 1 aliphatic carbocycles. The van der Waals surface area contributed by atoms with E-state index in [4.69, 9.17) is 11.0 Å². The Bertz CT molecular complexity index is 348. The number of nitriles is 1. The second kappa shape index (κ2) is 6.37. The van der Waals surface area contributed by atoms with Crippen molar-refractivity contribution in [2.75, 3.05) is 13.6 Å². The van der Waals surface area contributed by atoms with Gasteiger partial charge in [-0.05, 0) is 12.8 Å². The van der Waals surface area contributed by atoms with Gasteiger partial charge >= 0.3 is 0 Å². The Morgan fingerprint density at radius 2 is 2.12 bits per heavy atom. The molecule has 3 N–H and O–H groups in total. The van der Waals surface area contributed by atoms with Gasteiger partial charge in [-0.2, -0.15) is 22.7 Å². The standard InChI is InChI=1S/C8H16N4O2S.ClH/c1-12(4-2-3-9)15(13,14)11-8-5-7(10)6-8;/h7-8,11H,2,4-6,10H2,1H3;1H. The lowest BCUT2D eigenvalue weighted by atomic mass is 9.89. The number of nitrogens with two attached hydrogens (primary N) is 1. The van der Waals surface area contributed by atoms with Crippen LogP contribution in [0.3, 0.4) is 0 Å². The van der Waals surface area contributed by atoms with Gasteiger partial charge in [0.2, 0.25) is 0 Å². The summed E-state index contributed by atoms with van der Waals surface area (Å²) in [7, 11) is -1.98. The van der Waals surface area contributed by atoms with Crippen molar-refractivity contribution in [2.24, 2.45) is 5.73 Å². The van der Waals surface area contributed by atoms with Gasteiger partial charge < -0.3 is 5.73 Å². The summed E-state index contributed by atoms with van der Waals surface area (Å²) in [6.07, 6.45) is 1.57. The number of hydrogen-bond acceptors (Lipinski definition) is 4. The van der Waals surface area contributed by atoms with Crippen molar-refractivity contribution >= 4 is 22.6 Å². The highest BCUT2D eigenvalue weighted by molar-refractivity contribution is 7.87. The molecule has 6 nitrogen and oxygen atoms in total. The lowest BCUT2D eigenvalue weighted by Gasteiger charge is -2.33. The summed E-state index contributed by atoms with van der Waals surface area (Å²) in [6.45, 7) is 0.213. The molecule has 0 spiro atoms. The quantitative estimate of drug-likeness (QED) is 0.707. The summed E-state index contributed by atoms with van der Waals surface area (Å²) in [5.74, 6) is 0. The van der Waals surface area contributed by atoms with Gasteiger partial charge in [0.25, 0.3) is 10.2 Å². The largest absolute Gasteiger partial charge is 0.328 e. The monoisotopic (exact) mass is 268 g/mol. The summed E-state index contributed by atoms with van der Waals surface area (Å²) in [5, 5.41) is 8.35. The smallest absolute Gasteiger partial charge is 0.279 e. The molecule has 0 aromatic carbocycles. The van der Waals surface area contributed by atoms with Crippen LogP contribution in [-0.2, 0) is 10.2 Å². The third-order valence-corrected chi connectivity index (χ3v) is 4.07. The number of halogens is 1. The molecule has 0 aliphatic heterocycles. The van der Waals surface area contributed by atoms with E-state index in [1.165, 1.54) is 7.05 Å². The molecule has 0 atom stereocenters. The Balaban J connectivity index is 0.00000225. The second-order valence-electron chi connectivity index (χ2n) is 3.78. The molecule has 8 heteroatoms. The molecule has 0 saturated heterocycles. The van der Waals surface area contributed by atoms with Crippen molar-refractivity contribution in [2.45, 2.75) is 31.3 Å². The Morgan fingerprint density at radius 1 is 1.56 bits per heavy atom. The zero-order valence-electron chi connectivity index (χ0n) is 9.09. The summed E-state index contributed by atoms with van der Waals surface area (Å²) in [5.41, 5.74) is 5.55. The first-order valence-electron chi connectivity index (χ1n) is 4.82. The van der Waals surface area contributed by atoms with Gasteiger partial charge in [-0.3, -0.25) is 0 Å². The van der Waals surface area contributed by atoms with Crippen molar-refractivity contribution in [3.63, 3.8) is 0 Å². The van der Waals surface area contributed by atoms with E-state index < -0.39 is 10.2 Å². The molecule has 0 bridgehead atoms. The lowest BCUT2D eigenvalue weighted by Crippen LogP contribution is -2.53. The van der Waals surface area contributed by atoms with Crippen molar-refractivity contribution in [3.05, 3.63) is 0 Å². The maximum atomic E-state index is 11.6. The summed E-state index contributed by atoms with van der Waals surface area (Å²) >= 11 is 0. The van der Waals surface area contributed by atoms with Gasteiger partial charge in [-0.15, -0.1) is 12.4 Å². The molecule has 0 aromatic heterocycles. The maximum Gasteiger partial charge on any atom is 0.279 e. The van der Waals surface area contributed by atoms with Crippen LogP contribution in [0, 0.1) is 11.3 Å².